The minimum Gasteiger partial charge on any atom is -0.379 e. The summed E-state index contributed by atoms with van der Waals surface area (Å²) in [6.07, 6.45) is 1.37. The molecule has 1 aliphatic rings. The second-order valence-electron chi connectivity index (χ2n) is 6.08. The van der Waals surface area contributed by atoms with Crippen LogP contribution in [0.2, 0.25) is 0 Å². The highest BCUT2D eigenvalue weighted by atomic mass is 32.2. The van der Waals surface area contributed by atoms with Crippen LogP contribution in [-0.2, 0) is 29.6 Å². The van der Waals surface area contributed by atoms with Crippen LogP contribution in [0.15, 0.2) is 35.7 Å². The Hall–Kier alpha value is -1.79. The van der Waals surface area contributed by atoms with Gasteiger partial charge in [0.05, 0.1) is 19.0 Å². The average Bonchev–Trinajstić information content (AvgIpc) is 2.68. The first-order valence-electron chi connectivity index (χ1n) is 8.84. The molecule has 0 spiro atoms. The Bertz CT molecular complexity index is 863. The van der Waals surface area contributed by atoms with Crippen LogP contribution in [0.3, 0.4) is 0 Å². The number of hydrogen-bond donors (Lipinski definition) is 2. The Morgan fingerprint density at radius 2 is 1.75 bits per heavy atom. The van der Waals surface area contributed by atoms with Crippen molar-refractivity contribution in [3.05, 3.63) is 41.3 Å². The van der Waals surface area contributed by atoms with Crippen molar-refractivity contribution in [3.8, 4) is 0 Å². The number of nitrogens with zero attached hydrogens (tertiary/aromatic N) is 1. The van der Waals surface area contributed by atoms with E-state index in [0.717, 1.165) is 11.0 Å². The lowest BCUT2D eigenvalue weighted by Gasteiger charge is -2.26. The topological polar surface area (TPSA) is 122 Å². The Morgan fingerprint density at radius 3 is 2.43 bits per heavy atom. The maximum absolute atomic E-state index is 12.1. The molecule has 1 aromatic carbocycles. The first kappa shape index (κ1) is 22.5. The number of sulfonamides is 2. The van der Waals surface area contributed by atoms with Gasteiger partial charge in [0.25, 0.3) is 0 Å². The minimum atomic E-state index is -3.66. The monoisotopic (exact) mass is 431 g/mol. The summed E-state index contributed by atoms with van der Waals surface area (Å²) in [6, 6.07) is 8.95. The Morgan fingerprint density at radius 1 is 1.07 bits per heavy atom. The van der Waals surface area contributed by atoms with Crippen molar-refractivity contribution in [1.29, 1.82) is 0 Å². The van der Waals surface area contributed by atoms with Gasteiger partial charge in [-0.1, -0.05) is 30.3 Å². The highest BCUT2D eigenvalue weighted by Gasteiger charge is 2.23. The number of ether oxygens (including phenoxy) is 1. The number of carbonyl (C=O) groups is 1. The van der Waals surface area contributed by atoms with E-state index < -0.39 is 26.0 Å². The van der Waals surface area contributed by atoms with Gasteiger partial charge in [-0.25, -0.2) is 21.6 Å². The van der Waals surface area contributed by atoms with E-state index in [4.69, 9.17) is 4.74 Å². The van der Waals surface area contributed by atoms with Crippen LogP contribution in [0.1, 0.15) is 12.0 Å². The van der Waals surface area contributed by atoms with Gasteiger partial charge in [-0.2, -0.15) is 4.31 Å². The molecule has 9 nitrogen and oxygen atoms in total. The lowest BCUT2D eigenvalue weighted by atomic mass is 10.2. The summed E-state index contributed by atoms with van der Waals surface area (Å²) in [4.78, 5) is 11.8. The second-order valence-corrected chi connectivity index (χ2v) is 9.82. The van der Waals surface area contributed by atoms with Gasteiger partial charge in [-0.05, 0) is 11.6 Å². The fraction of sp³-hybridized carbons (Fsp3) is 0.471. The first-order chi connectivity index (χ1) is 13.3. The summed E-state index contributed by atoms with van der Waals surface area (Å²) < 4.78 is 56.8. The molecule has 11 heteroatoms. The molecule has 0 saturated carbocycles. The lowest BCUT2D eigenvalue weighted by Crippen LogP contribution is -2.44. The SMILES string of the molecule is O=C(CCNS(=O)(=O)/C=C/c1ccccc1)NCCS(=O)(=O)N1CCOCC1. The minimum absolute atomic E-state index is 0.0286. The van der Waals surface area contributed by atoms with Gasteiger partial charge in [-0.3, -0.25) is 4.79 Å². The van der Waals surface area contributed by atoms with Crippen LogP contribution in [0, 0.1) is 0 Å². The third-order valence-corrected chi connectivity index (χ3v) is 6.91. The van der Waals surface area contributed by atoms with Gasteiger partial charge in [0.2, 0.25) is 26.0 Å². The third kappa shape index (κ3) is 8.07. The molecule has 156 valence electrons. The number of nitrogens with one attached hydrogen (secondary N) is 2. The molecule has 0 unspecified atom stereocenters. The zero-order valence-corrected chi connectivity index (χ0v) is 17.0. The van der Waals surface area contributed by atoms with Crippen LogP contribution in [0.4, 0.5) is 0 Å². The van der Waals surface area contributed by atoms with Crippen LogP contribution in [-0.4, -0.2) is 72.2 Å². The normalized spacial score (nSPS) is 16.3. The van der Waals surface area contributed by atoms with E-state index in [0.29, 0.717) is 26.3 Å². The molecular weight excluding hydrogens is 406 g/mol. The molecule has 2 rings (SSSR count). The van der Waals surface area contributed by atoms with E-state index >= 15 is 0 Å². The molecule has 1 aliphatic heterocycles. The van der Waals surface area contributed by atoms with E-state index in [-0.39, 0.29) is 25.3 Å². The molecule has 0 aromatic heterocycles. The fourth-order valence-corrected chi connectivity index (χ4v) is 4.59. The Balaban J connectivity index is 1.67. The molecule has 0 aliphatic carbocycles. The van der Waals surface area contributed by atoms with Crippen molar-refractivity contribution in [2.24, 2.45) is 0 Å². The van der Waals surface area contributed by atoms with Crippen LogP contribution in [0.25, 0.3) is 6.08 Å². The predicted molar refractivity (Wildman–Crippen MR) is 106 cm³/mol. The van der Waals surface area contributed by atoms with Gasteiger partial charge in [0, 0.05) is 38.0 Å². The van der Waals surface area contributed by atoms with Gasteiger partial charge < -0.3 is 10.1 Å². The summed E-state index contributed by atoms with van der Waals surface area (Å²) in [5.41, 5.74) is 0.743. The molecule has 1 amide bonds. The summed E-state index contributed by atoms with van der Waals surface area (Å²) >= 11 is 0. The van der Waals surface area contributed by atoms with Crippen LogP contribution in [0.5, 0.6) is 0 Å². The Kier molecular flexibility index (Phi) is 8.58. The summed E-state index contributed by atoms with van der Waals surface area (Å²) in [5.74, 6) is -0.628. The third-order valence-electron chi connectivity index (χ3n) is 3.94. The van der Waals surface area contributed by atoms with Crippen molar-refractivity contribution in [2.45, 2.75) is 6.42 Å². The molecule has 1 saturated heterocycles. The number of hydrogen-bond acceptors (Lipinski definition) is 6. The lowest BCUT2D eigenvalue weighted by molar-refractivity contribution is -0.120. The van der Waals surface area contributed by atoms with Crippen LogP contribution >= 0.6 is 0 Å². The Labute approximate surface area is 165 Å². The quantitative estimate of drug-likeness (QED) is 0.527. The van der Waals surface area contributed by atoms with Gasteiger partial charge in [0.1, 0.15) is 0 Å². The summed E-state index contributed by atoms with van der Waals surface area (Å²) in [7, 11) is -7.10. The molecule has 1 heterocycles. The molecule has 0 atom stereocenters. The zero-order valence-electron chi connectivity index (χ0n) is 15.4. The number of benzene rings is 1. The van der Waals surface area contributed by atoms with Crippen molar-refractivity contribution < 1.29 is 26.4 Å². The maximum Gasteiger partial charge on any atom is 0.233 e. The van der Waals surface area contributed by atoms with Crippen molar-refractivity contribution in [3.63, 3.8) is 0 Å². The zero-order chi connectivity index (χ0) is 20.5. The molecule has 1 fully saturated rings. The molecule has 2 N–H and O–H groups in total. The van der Waals surface area contributed by atoms with Gasteiger partial charge in [0.15, 0.2) is 0 Å². The van der Waals surface area contributed by atoms with Crippen LogP contribution < -0.4 is 10.0 Å². The number of carbonyl (C=O) groups excluding carboxylic acids is 1. The van der Waals surface area contributed by atoms with E-state index in [2.05, 4.69) is 10.0 Å². The standard InChI is InChI=1S/C17H25N3O6S2/c21-17(18-9-15-28(24,25)20-10-12-26-13-11-20)6-8-19-27(22,23)14-7-16-4-2-1-3-5-16/h1-5,7,14,19H,6,8-13,15H2,(H,18,21)/b14-7+. The number of morpholine rings is 1. The average molecular weight is 432 g/mol. The largest absolute Gasteiger partial charge is 0.379 e. The smallest absolute Gasteiger partial charge is 0.233 e. The van der Waals surface area contributed by atoms with E-state index in [1.807, 2.05) is 6.07 Å². The van der Waals surface area contributed by atoms with E-state index in [1.165, 1.54) is 10.4 Å². The first-order valence-corrected chi connectivity index (χ1v) is 12.0. The highest BCUT2D eigenvalue weighted by Crippen LogP contribution is 2.05. The van der Waals surface area contributed by atoms with Gasteiger partial charge >= 0.3 is 0 Å². The predicted octanol–water partition coefficient (Wildman–Crippen LogP) is -0.255. The second kappa shape index (κ2) is 10.7. The highest BCUT2D eigenvalue weighted by molar-refractivity contribution is 7.92. The molecular formula is C17H25N3O6S2. The van der Waals surface area contributed by atoms with Crippen molar-refractivity contribution in [2.75, 3.05) is 45.1 Å². The van der Waals surface area contributed by atoms with Gasteiger partial charge in [-0.15, -0.1) is 0 Å². The van der Waals surface area contributed by atoms with Crippen molar-refractivity contribution in [1.82, 2.24) is 14.3 Å². The van der Waals surface area contributed by atoms with E-state index in [1.54, 1.807) is 24.3 Å². The number of rotatable bonds is 10. The molecule has 28 heavy (non-hydrogen) atoms. The summed E-state index contributed by atoms with van der Waals surface area (Å²) in [6.45, 7) is 1.25. The molecule has 0 bridgehead atoms. The fourth-order valence-electron chi connectivity index (χ4n) is 2.45. The molecule has 0 radical (unpaired) electrons. The van der Waals surface area contributed by atoms with E-state index in [9.17, 15) is 21.6 Å². The van der Waals surface area contributed by atoms with Crippen molar-refractivity contribution >= 4 is 32.0 Å². The molecule has 1 aromatic rings. The number of amides is 1. The summed E-state index contributed by atoms with van der Waals surface area (Å²) in [5, 5.41) is 3.53. The maximum atomic E-state index is 12.1.